The fraction of sp³-hybridized carbons (Fsp3) is 0.360. The van der Waals surface area contributed by atoms with Gasteiger partial charge in [0.2, 0.25) is 0 Å². The summed E-state index contributed by atoms with van der Waals surface area (Å²) in [5, 5.41) is 15.6. The van der Waals surface area contributed by atoms with Crippen molar-refractivity contribution in [3.05, 3.63) is 64.7 Å². The number of fused-ring (bicyclic) bond motifs is 1. The zero-order valence-electron chi connectivity index (χ0n) is 18.7. The third-order valence-electron chi connectivity index (χ3n) is 6.10. The molecule has 1 aliphatic carbocycles. The number of hydrogen-bond donors (Lipinski definition) is 3. The van der Waals surface area contributed by atoms with Crippen LogP contribution in [-0.2, 0) is 28.3 Å². The summed E-state index contributed by atoms with van der Waals surface area (Å²) in [6.07, 6.45) is 0.591. The zero-order valence-corrected chi connectivity index (χ0v) is 18.7. The maximum absolute atomic E-state index is 12.9. The number of nitrogens with zero attached hydrogens (tertiary/aromatic N) is 1. The molecule has 2 aromatic carbocycles. The van der Waals surface area contributed by atoms with Crippen molar-refractivity contribution >= 4 is 29.2 Å². The van der Waals surface area contributed by atoms with Crippen LogP contribution in [0, 0.1) is 0 Å². The van der Waals surface area contributed by atoms with Gasteiger partial charge in [0.25, 0.3) is 5.91 Å². The van der Waals surface area contributed by atoms with Gasteiger partial charge < -0.3 is 20.6 Å². The van der Waals surface area contributed by atoms with Crippen LogP contribution in [0.2, 0.25) is 0 Å². The smallest absolute Gasteiger partial charge is 0.319 e. The Bertz CT molecular complexity index is 1140. The van der Waals surface area contributed by atoms with Crippen LogP contribution in [0.3, 0.4) is 0 Å². The lowest BCUT2D eigenvalue weighted by Crippen LogP contribution is -2.44. The van der Waals surface area contributed by atoms with Crippen LogP contribution in [0.1, 0.15) is 60.2 Å². The fourth-order valence-corrected chi connectivity index (χ4v) is 4.26. The highest BCUT2D eigenvalue weighted by atomic mass is 16.3. The number of benzene rings is 2. The lowest BCUT2D eigenvalue weighted by molar-refractivity contribution is -0.133. The Labute approximate surface area is 192 Å². The highest BCUT2D eigenvalue weighted by Gasteiger charge is 2.38. The van der Waals surface area contributed by atoms with E-state index < -0.39 is 17.7 Å². The first-order valence-corrected chi connectivity index (χ1v) is 11.0. The van der Waals surface area contributed by atoms with E-state index in [1.54, 1.807) is 49.1 Å². The molecule has 0 radical (unpaired) electrons. The summed E-state index contributed by atoms with van der Waals surface area (Å²) in [6.45, 7) is 3.91. The molecular formula is C25H27N3O5. The van der Waals surface area contributed by atoms with Gasteiger partial charge in [0.1, 0.15) is 5.78 Å². The Hall–Kier alpha value is -3.52. The number of urea groups is 1. The molecule has 1 unspecified atom stereocenters. The van der Waals surface area contributed by atoms with Crippen LogP contribution < -0.4 is 10.6 Å². The molecule has 1 atom stereocenters. The van der Waals surface area contributed by atoms with Crippen molar-refractivity contribution in [3.8, 4) is 0 Å². The average molecular weight is 450 g/mol. The highest BCUT2D eigenvalue weighted by Crippen LogP contribution is 2.29. The van der Waals surface area contributed by atoms with Crippen LogP contribution in [0.15, 0.2) is 42.5 Å². The van der Waals surface area contributed by atoms with Crippen molar-refractivity contribution in [3.63, 3.8) is 0 Å². The molecule has 1 aliphatic heterocycles. The van der Waals surface area contributed by atoms with Crippen LogP contribution in [-0.4, -0.2) is 39.6 Å². The molecule has 2 aromatic rings. The molecular weight excluding hydrogens is 422 g/mol. The van der Waals surface area contributed by atoms with Crippen LogP contribution >= 0.6 is 0 Å². The van der Waals surface area contributed by atoms with E-state index in [0.29, 0.717) is 36.2 Å². The van der Waals surface area contributed by atoms with E-state index in [-0.39, 0.29) is 30.4 Å². The molecule has 33 heavy (non-hydrogen) atoms. The first-order valence-electron chi connectivity index (χ1n) is 11.0. The summed E-state index contributed by atoms with van der Waals surface area (Å²) in [5.41, 5.74) is 2.34. The lowest BCUT2D eigenvalue weighted by atomic mass is 9.92. The molecule has 3 amide bonds. The highest BCUT2D eigenvalue weighted by molar-refractivity contribution is 6.07. The Morgan fingerprint density at radius 1 is 1.15 bits per heavy atom. The van der Waals surface area contributed by atoms with E-state index >= 15 is 0 Å². The molecule has 172 valence electrons. The zero-order chi connectivity index (χ0) is 23.8. The van der Waals surface area contributed by atoms with Crippen molar-refractivity contribution in [2.45, 2.75) is 57.8 Å². The molecule has 2 aliphatic rings. The SMILES string of the molecule is CC(C)(O)c1cccc(NC(=O)NCc2ccc3c(c2)C(=O)N(C2CCC(=O)CC2=O)C3)c1. The van der Waals surface area contributed by atoms with E-state index in [9.17, 15) is 24.3 Å². The van der Waals surface area contributed by atoms with Crippen molar-refractivity contribution in [2.24, 2.45) is 0 Å². The predicted molar refractivity (Wildman–Crippen MR) is 122 cm³/mol. The monoisotopic (exact) mass is 449 g/mol. The first-order chi connectivity index (χ1) is 15.6. The summed E-state index contributed by atoms with van der Waals surface area (Å²) in [4.78, 5) is 50.6. The summed E-state index contributed by atoms with van der Waals surface area (Å²) in [5.74, 6) is -0.481. The topological polar surface area (TPSA) is 116 Å². The van der Waals surface area contributed by atoms with Gasteiger partial charge >= 0.3 is 6.03 Å². The van der Waals surface area contributed by atoms with Gasteiger partial charge in [-0.15, -0.1) is 0 Å². The average Bonchev–Trinajstić information content (AvgIpc) is 3.08. The molecule has 4 rings (SSSR count). The maximum atomic E-state index is 12.9. The standard InChI is InChI=1S/C25H27N3O5/c1-25(2,33)17-4-3-5-18(11-17)27-24(32)26-13-15-6-7-16-14-28(23(31)20(16)10-15)21-9-8-19(29)12-22(21)30/h3-7,10-11,21,33H,8-9,12-14H2,1-2H3,(H2,26,27,32). The Kier molecular flexibility index (Phi) is 6.03. The van der Waals surface area contributed by atoms with E-state index in [1.165, 1.54) is 0 Å². The summed E-state index contributed by atoms with van der Waals surface area (Å²) < 4.78 is 0. The first kappa shape index (κ1) is 22.7. The number of Topliss-reactive ketones (excluding diaryl/α,β-unsaturated/α-hetero) is 2. The van der Waals surface area contributed by atoms with Gasteiger partial charge in [-0.05, 0) is 55.2 Å². The number of carbonyl (C=O) groups excluding carboxylic acids is 4. The van der Waals surface area contributed by atoms with Crippen molar-refractivity contribution in [1.82, 2.24) is 10.2 Å². The molecule has 8 heteroatoms. The number of carbonyl (C=O) groups is 4. The molecule has 8 nitrogen and oxygen atoms in total. The molecule has 0 aromatic heterocycles. The molecule has 1 fully saturated rings. The minimum atomic E-state index is -1.02. The summed E-state index contributed by atoms with van der Waals surface area (Å²) in [7, 11) is 0. The van der Waals surface area contributed by atoms with E-state index in [2.05, 4.69) is 10.6 Å². The van der Waals surface area contributed by atoms with E-state index in [1.807, 2.05) is 12.1 Å². The molecule has 1 saturated carbocycles. The Morgan fingerprint density at radius 2 is 1.94 bits per heavy atom. The van der Waals surface area contributed by atoms with Gasteiger partial charge in [-0.2, -0.15) is 0 Å². The maximum Gasteiger partial charge on any atom is 0.319 e. The summed E-state index contributed by atoms with van der Waals surface area (Å²) in [6, 6.07) is 11.5. The number of rotatable bonds is 5. The number of amides is 3. The summed E-state index contributed by atoms with van der Waals surface area (Å²) >= 11 is 0. The van der Waals surface area contributed by atoms with Crippen LogP contribution in [0.25, 0.3) is 0 Å². The second kappa shape index (κ2) is 8.78. The molecule has 0 bridgehead atoms. The van der Waals surface area contributed by atoms with Gasteiger partial charge in [-0.1, -0.05) is 24.3 Å². The minimum Gasteiger partial charge on any atom is -0.386 e. The minimum absolute atomic E-state index is 0.0705. The quantitative estimate of drug-likeness (QED) is 0.607. The van der Waals surface area contributed by atoms with Crippen molar-refractivity contribution < 1.29 is 24.3 Å². The van der Waals surface area contributed by atoms with Crippen LogP contribution in [0.5, 0.6) is 0 Å². The molecule has 1 heterocycles. The van der Waals surface area contributed by atoms with E-state index in [4.69, 9.17) is 0 Å². The normalized spacial score (nSPS) is 18.3. The van der Waals surface area contributed by atoms with Crippen molar-refractivity contribution in [2.75, 3.05) is 5.32 Å². The molecule has 3 N–H and O–H groups in total. The number of aliphatic hydroxyl groups is 1. The fourth-order valence-electron chi connectivity index (χ4n) is 4.26. The van der Waals surface area contributed by atoms with Crippen LogP contribution in [0.4, 0.5) is 10.5 Å². The number of hydrogen-bond acceptors (Lipinski definition) is 5. The van der Waals surface area contributed by atoms with Gasteiger partial charge in [-0.25, -0.2) is 4.79 Å². The Morgan fingerprint density at radius 3 is 2.67 bits per heavy atom. The second-order valence-corrected chi connectivity index (χ2v) is 9.11. The number of ketones is 2. The largest absolute Gasteiger partial charge is 0.386 e. The molecule has 0 saturated heterocycles. The predicted octanol–water partition coefficient (Wildman–Crippen LogP) is 2.88. The van der Waals surface area contributed by atoms with E-state index in [0.717, 1.165) is 11.1 Å². The Balaban J connectivity index is 1.38. The van der Waals surface area contributed by atoms with Crippen molar-refractivity contribution in [1.29, 1.82) is 0 Å². The lowest BCUT2D eigenvalue weighted by Gasteiger charge is -2.29. The third kappa shape index (κ3) is 4.96. The molecule has 0 spiro atoms. The number of nitrogens with one attached hydrogen (secondary N) is 2. The van der Waals surface area contributed by atoms with Gasteiger partial charge in [0, 0.05) is 30.8 Å². The number of anilines is 1. The van der Waals surface area contributed by atoms with Gasteiger partial charge in [-0.3, -0.25) is 14.4 Å². The second-order valence-electron chi connectivity index (χ2n) is 9.11. The third-order valence-corrected chi connectivity index (χ3v) is 6.10. The van der Waals surface area contributed by atoms with Gasteiger partial charge in [0.15, 0.2) is 5.78 Å². The van der Waals surface area contributed by atoms with Gasteiger partial charge in [0.05, 0.1) is 18.1 Å².